The summed E-state index contributed by atoms with van der Waals surface area (Å²) < 4.78 is 42.4. The summed E-state index contributed by atoms with van der Waals surface area (Å²) in [5.41, 5.74) is -2.27. The first-order chi connectivity index (χ1) is 6.99. The Kier molecular flexibility index (Phi) is 3.13. The fourth-order valence-electron chi connectivity index (χ4n) is 0.998. The van der Waals surface area contributed by atoms with E-state index in [9.17, 15) is 18.0 Å². The van der Waals surface area contributed by atoms with Crippen LogP contribution < -0.4 is 4.74 Å². The number of carboxylic acid groups (broad SMARTS) is 1. The zero-order chi connectivity index (χ0) is 11.6. The maximum atomic E-state index is 13.2. The van der Waals surface area contributed by atoms with Gasteiger partial charge in [0.1, 0.15) is 0 Å². The summed E-state index contributed by atoms with van der Waals surface area (Å²) in [6.07, 6.45) is -2.52. The van der Waals surface area contributed by atoms with Gasteiger partial charge >= 0.3 is 5.97 Å². The summed E-state index contributed by atoms with van der Waals surface area (Å²) >= 11 is 0. The molecule has 7 heteroatoms. The Labute approximate surface area is 82.3 Å². The van der Waals surface area contributed by atoms with Crippen LogP contribution >= 0.6 is 0 Å². The number of nitrogens with zero attached hydrogens (tertiary/aromatic N) is 1. The van der Waals surface area contributed by atoms with E-state index in [1.165, 1.54) is 0 Å². The smallest absolute Gasteiger partial charge is 0.355 e. The van der Waals surface area contributed by atoms with Crippen LogP contribution in [0.3, 0.4) is 0 Å². The van der Waals surface area contributed by atoms with Gasteiger partial charge in [-0.3, -0.25) is 0 Å². The van der Waals surface area contributed by atoms with Crippen molar-refractivity contribution in [2.75, 3.05) is 7.11 Å². The van der Waals surface area contributed by atoms with Crippen molar-refractivity contribution in [3.8, 4) is 5.75 Å². The number of ether oxygens (including phenoxy) is 1. The van der Waals surface area contributed by atoms with E-state index < -0.39 is 35.2 Å². The molecule has 0 saturated heterocycles. The second-order valence-electron chi connectivity index (χ2n) is 2.51. The van der Waals surface area contributed by atoms with E-state index in [0.717, 1.165) is 13.3 Å². The number of aromatic carboxylic acids is 1. The minimum atomic E-state index is -3.27. The number of aromatic nitrogens is 1. The molecule has 0 atom stereocenters. The Balaban J connectivity index is 3.44. The summed E-state index contributed by atoms with van der Waals surface area (Å²) in [5, 5.41) is 8.50. The van der Waals surface area contributed by atoms with Crippen molar-refractivity contribution in [1.29, 1.82) is 0 Å². The molecule has 1 aromatic rings. The van der Waals surface area contributed by atoms with E-state index in [1.807, 2.05) is 0 Å². The Bertz CT molecular complexity index is 395. The van der Waals surface area contributed by atoms with Crippen molar-refractivity contribution in [2.45, 2.75) is 6.43 Å². The summed E-state index contributed by atoms with van der Waals surface area (Å²) in [4.78, 5) is 13.7. The van der Waals surface area contributed by atoms with Gasteiger partial charge in [0.25, 0.3) is 6.43 Å². The van der Waals surface area contributed by atoms with Crippen LogP contribution in [0.4, 0.5) is 13.2 Å². The average Bonchev–Trinajstić information content (AvgIpc) is 2.16. The molecule has 1 N–H and O–H groups in total. The Hall–Kier alpha value is -1.79. The third-order valence-electron chi connectivity index (χ3n) is 1.66. The molecule has 15 heavy (non-hydrogen) atoms. The van der Waals surface area contributed by atoms with Crippen molar-refractivity contribution in [3.63, 3.8) is 0 Å². The van der Waals surface area contributed by atoms with Crippen LogP contribution in [-0.2, 0) is 0 Å². The molecule has 0 fully saturated rings. The van der Waals surface area contributed by atoms with E-state index >= 15 is 0 Å². The molecule has 0 aliphatic carbocycles. The minimum Gasteiger partial charge on any atom is -0.492 e. The lowest BCUT2D eigenvalue weighted by atomic mass is 10.2. The molecule has 1 rings (SSSR count). The first-order valence-corrected chi connectivity index (χ1v) is 3.72. The van der Waals surface area contributed by atoms with Gasteiger partial charge in [0.05, 0.1) is 18.9 Å². The SMILES string of the molecule is COc1cnc(C(=O)O)c(C(F)F)c1F. The number of pyridine rings is 1. The molecule has 82 valence electrons. The molecule has 0 aliphatic rings. The van der Waals surface area contributed by atoms with Crippen molar-refractivity contribution in [2.24, 2.45) is 0 Å². The van der Waals surface area contributed by atoms with Gasteiger partial charge < -0.3 is 9.84 Å². The van der Waals surface area contributed by atoms with Crippen LogP contribution in [0.15, 0.2) is 6.20 Å². The largest absolute Gasteiger partial charge is 0.492 e. The second-order valence-corrected chi connectivity index (χ2v) is 2.51. The van der Waals surface area contributed by atoms with Crippen LogP contribution in [0, 0.1) is 5.82 Å². The first-order valence-electron chi connectivity index (χ1n) is 3.72. The monoisotopic (exact) mass is 221 g/mol. The summed E-state index contributed by atoms with van der Waals surface area (Å²) in [5.74, 6) is -3.64. The highest BCUT2D eigenvalue weighted by molar-refractivity contribution is 5.87. The molecule has 1 aromatic heterocycles. The van der Waals surface area contributed by atoms with Crippen molar-refractivity contribution in [1.82, 2.24) is 4.98 Å². The van der Waals surface area contributed by atoms with E-state index in [-0.39, 0.29) is 0 Å². The number of halogens is 3. The third-order valence-corrected chi connectivity index (χ3v) is 1.66. The first kappa shape index (κ1) is 11.3. The lowest BCUT2D eigenvalue weighted by Crippen LogP contribution is -2.09. The highest BCUT2D eigenvalue weighted by Crippen LogP contribution is 2.29. The number of carboxylic acids is 1. The van der Waals surface area contributed by atoms with E-state index in [2.05, 4.69) is 9.72 Å². The topological polar surface area (TPSA) is 59.4 Å². The fraction of sp³-hybridized carbons (Fsp3) is 0.250. The van der Waals surface area contributed by atoms with Gasteiger partial charge in [-0.15, -0.1) is 0 Å². The van der Waals surface area contributed by atoms with Crippen molar-refractivity contribution < 1.29 is 27.8 Å². The van der Waals surface area contributed by atoms with Gasteiger partial charge in [-0.05, 0) is 0 Å². The maximum absolute atomic E-state index is 13.2. The Morgan fingerprint density at radius 1 is 1.60 bits per heavy atom. The van der Waals surface area contributed by atoms with Gasteiger partial charge in [-0.25, -0.2) is 22.9 Å². The molecular formula is C8H6F3NO3. The molecule has 0 spiro atoms. The van der Waals surface area contributed by atoms with Gasteiger partial charge in [-0.1, -0.05) is 0 Å². The van der Waals surface area contributed by atoms with E-state index in [4.69, 9.17) is 5.11 Å². The third kappa shape index (κ3) is 2.00. The molecule has 0 aromatic carbocycles. The van der Waals surface area contributed by atoms with Crippen LogP contribution in [-0.4, -0.2) is 23.2 Å². The number of carbonyl (C=O) groups is 1. The number of rotatable bonds is 3. The molecule has 0 bridgehead atoms. The van der Waals surface area contributed by atoms with Crippen LogP contribution in [0.2, 0.25) is 0 Å². The van der Waals surface area contributed by atoms with Crippen LogP contribution in [0.1, 0.15) is 22.5 Å². The lowest BCUT2D eigenvalue weighted by Gasteiger charge is -2.08. The summed E-state index contributed by atoms with van der Waals surface area (Å²) in [6, 6.07) is 0. The molecule has 0 saturated carbocycles. The molecule has 0 radical (unpaired) electrons. The molecule has 4 nitrogen and oxygen atoms in total. The van der Waals surface area contributed by atoms with Gasteiger partial charge in [0.15, 0.2) is 17.3 Å². The molecular weight excluding hydrogens is 215 g/mol. The predicted octanol–water partition coefficient (Wildman–Crippen LogP) is 1.87. The van der Waals surface area contributed by atoms with Gasteiger partial charge in [0.2, 0.25) is 0 Å². The standard InChI is InChI=1S/C8H6F3NO3/c1-15-3-2-12-6(8(13)14)4(5(3)9)7(10)11/h2,7H,1H3,(H,13,14). The highest BCUT2D eigenvalue weighted by atomic mass is 19.3. The quantitative estimate of drug-likeness (QED) is 0.846. The number of alkyl halides is 2. The second kappa shape index (κ2) is 4.16. The highest BCUT2D eigenvalue weighted by Gasteiger charge is 2.26. The minimum absolute atomic E-state index is 0.518. The zero-order valence-electron chi connectivity index (χ0n) is 7.50. The van der Waals surface area contributed by atoms with Crippen molar-refractivity contribution >= 4 is 5.97 Å². The Morgan fingerprint density at radius 2 is 2.20 bits per heavy atom. The zero-order valence-corrected chi connectivity index (χ0v) is 7.50. The fourth-order valence-corrected chi connectivity index (χ4v) is 0.998. The summed E-state index contributed by atoms with van der Waals surface area (Å²) in [7, 11) is 1.07. The molecule has 0 aliphatic heterocycles. The average molecular weight is 221 g/mol. The lowest BCUT2D eigenvalue weighted by molar-refractivity contribution is 0.0674. The van der Waals surface area contributed by atoms with E-state index in [1.54, 1.807) is 0 Å². The molecule has 0 unspecified atom stereocenters. The van der Waals surface area contributed by atoms with Crippen LogP contribution in [0.5, 0.6) is 5.75 Å². The van der Waals surface area contributed by atoms with Crippen LogP contribution in [0.25, 0.3) is 0 Å². The van der Waals surface area contributed by atoms with Crippen molar-refractivity contribution in [3.05, 3.63) is 23.3 Å². The Morgan fingerprint density at radius 3 is 2.60 bits per heavy atom. The normalized spacial score (nSPS) is 10.5. The number of methoxy groups -OCH3 is 1. The molecule has 1 heterocycles. The number of hydrogen-bond donors (Lipinski definition) is 1. The van der Waals surface area contributed by atoms with Gasteiger partial charge in [-0.2, -0.15) is 0 Å². The number of hydrogen-bond acceptors (Lipinski definition) is 3. The molecule has 0 amide bonds. The van der Waals surface area contributed by atoms with E-state index in [0.29, 0.717) is 0 Å². The predicted molar refractivity (Wildman–Crippen MR) is 42.7 cm³/mol. The summed E-state index contributed by atoms with van der Waals surface area (Å²) in [6.45, 7) is 0. The van der Waals surface area contributed by atoms with Gasteiger partial charge in [0, 0.05) is 0 Å². The maximum Gasteiger partial charge on any atom is 0.355 e.